The Hall–Kier alpha value is -2.23. The monoisotopic (exact) mass is 466 g/mol. The van der Waals surface area contributed by atoms with E-state index in [-0.39, 0.29) is 16.8 Å². The van der Waals surface area contributed by atoms with Gasteiger partial charge in [0.1, 0.15) is 0 Å². The quantitative estimate of drug-likeness (QED) is 0.517. The first-order chi connectivity index (χ1) is 13.4. The minimum absolute atomic E-state index is 0.127. The highest BCUT2D eigenvalue weighted by molar-refractivity contribution is 9.10. The Morgan fingerprint density at radius 3 is 2.32 bits per heavy atom. The summed E-state index contributed by atoms with van der Waals surface area (Å²) in [6.07, 6.45) is 0. The molecule has 9 heteroatoms. The zero-order valence-electron chi connectivity index (χ0n) is 15.8. The summed E-state index contributed by atoms with van der Waals surface area (Å²) in [5.41, 5.74) is 1.21. The smallest absolute Gasteiger partial charge is 0.293 e. The Balaban J connectivity index is 1.82. The van der Waals surface area contributed by atoms with Gasteiger partial charge in [0, 0.05) is 24.3 Å². The maximum absolute atomic E-state index is 12.2. The normalized spacial score (nSPS) is 10.6. The number of benzene rings is 1. The highest BCUT2D eigenvalue weighted by Gasteiger charge is 2.12. The van der Waals surface area contributed by atoms with E-state index < -0.39 is 5.91 Å². The molecular weight excluding hydrogens is 444 g/mol. The molecule has 1 aromatic carbocycles. The van der Waals surface area contributed by atoms with Crippen LogP contribution in [0.2, 0.25) is 0 Å². The van der Waals surface area contributed by atoms with Crippen LogP contribution in [0.1, 0.15) is 34.8 Å². The molecule has 0 spiro atoms. The summed E-state index contributed by atoms with van der Waals surface area (Å²) in [4.78, 5) is 26.4. The number of carbonyl (C=O) groups excluding carboxylic acids is 2. The second-order valence-corrected chi connectivity index (χ2v) is 7.06. The van der Waals surface area contributed by atoms with E-state index >= 15 is 0 Å². The Morgan fingerprint density at radius 2 is 1.75 bits per heavy atom. The molecule has 150 valence electrons. The summed E-state index contributed by atoms with van der Waals surface area (Å²) in [7, 11) is 0. The third kappa shape index (κ3) is 6.74. The highest BCUT2D eigenvalue weighted by Crippen LogP contribution is 2.14. The number of hydrogen-bond donors (Lipinski definition) is 3. The van der Waals surface area contributed by atoms with E-state index in [1.807, 2.05) is 0 Å². The van der Waals surface area contributed by atoms with Crippen molar-refractivity contribution in [2.24, 2.45) is 0 Å². The van der Waals surface area contributed by atoms with Crippen LogP contribution in [-0.2, 0) is 0 Å². The van der Waals surface area contributed by atoms with Crippen molar-refractivity contribution in [1.29, 1.82) is 0 Å². The zero-order valence-corrected chi connectivity index (χ0v) is 18.2. The molecular formula is C19H23BrN4O3S. The van der Waals surface area contributed by atoms with E-state index in [1.54, 1.807) is 30.3 Å². The van der Waals surface area contributed by atoms with Gasteiger partial charge in [0.05, 0.1) is 0 Å². The Morgan fingerprint density at radius 1 is 1.07 bits per heavy atom. The fourth-order valence-electron chi connectivity index (χ4n) is 2.44. The zero-order chi connectivity index (χ0) is 20.5. The predicted octanol–water partition coefficient (Wildman–Crippen LogP) is 3.24. The molecule has 0 unspecified atom stereocenters. The summed E-state index contributed by atoms with van der Waals surface area (Å²) in [6, 6.07) is 10.0. The number of nitrogens with one attached hydrogen (secondary N) is 3. The first kappa shape index (κ1) is 22.1. The highest BCUT2D eigenvalue weighted by atomic mass is 79.9. The van der Waals surface area contributed by atoms with Gasteiger partial charge in [-0.3, -0.25) is 14.9 Å². The van der Waals surface area contributed by atoms with E-state index in [4.69, 9.17) is 16.6 Å². The first-order valence-electron chi connectivity index (χ1n) is 8.91. The lowest BCUT2D eigenvalue weighted by Gasteiger charge is -2.18. The molecule has 7 nitrogen and oxygen atoms in total. The van der Waals surface area contributed by atoms with Gasteiger partial charge >= 0.3 is 0 Å². The third-order valence-corrected chi connectivity index (χ3v) is 4.67. The average molecular weight is 467 g/mol. The molecule has 0 fully saturated rings. The maximum Gasteiger partial charge on any atom is 0.293 e. The van der Waals surface area contributed by atoms with Crippen molar-refractivity contribution in [3.8, 4) is 0 Å². The summed E-state index contributed by atoms with van der Waals surface area (Å²) in [5, 5.41) is 8.46. The number of furan rings is 1. The first-order valence-corrected chi connectivity index (χ1v) is 10.1. The number of nitrogens with zero attached hydrogens (tertiary/aromatic N) is 1. The minimum atomic E-state index is -0.451. The second-order valence-electron chi connectivity index (χ2n) is 5.87. The molecule has 0 radical (unpaired) electrons. The topological polar surface area (TPSA) is 86.6 Å². The standard InChI is InChI=1S/C19H23BrN4O3S/c1-3-24(4-2)12-11-21-17(25)13-5-7-14(8-6-13)22-19(28)23-18(26)15-9-10-16(20)27-15/h5-10H,3-4,11-12H2,1-2H3,(H,21,25)(H2,22,23,26,28). The molecule has 2 aromatic rings. The molecule has 0 bridgehead atoms. The summed E-state index contributed by atoms with van der Waals surface area (Å²) in [5.74, 6) is -0.432. The summed E-state index contributed by atoms with van der Waals surface area (Å²) in [6.45, 7) is 7.52. The number of carbonyl (C=O) groups is 2. The van der Waals surface area contributed by atoms with Gasteiger partial charge in [-0.25, -0.2) is 0 Å². The van der Waals surface area contributed by atoms with Crippen LogP contribution in [0.3, 0.4) is 0 Å². The molecule has 0 saturated carbocycles. The van der Waals surface area contributed by atoms with Crippen LogP contribution in [0.4, 0.5) is 5.69 Å². The fraction of sp³-hybridized carbons (Fsp3) is 0.316. The molecule has 0 aliphatic carbocycles. The number of thiocarbonyl (C=S) groups is 1. The van der Waals surface area contributed by atoms with Crippen molar-refractivity contribution in [3.05, 3.63) is 52.4 Å². The van der Waals surface area contributed by atoms with E-state index in [1.165, 1.54) is 6.07 Å². The number of rotatable bonds is 8. The van der Waals surface area contributed by atoms with Crippen LogP contribution in [0, 0.1) is 0 Å². The van der Waals surface area contributed by atoms with Gasteiger partial charge in [-0.15, -0.1) is 0 Å². The predicted molar refractivity (Wildman–Crippen MR) is 117 cm³/mol. The van der Waals surface area contributed by atoms with Gasteiger partial charge in [-0.05, 0) is 77.6 Å². The van der Waals surface area contributed by atoms with Gasteiger partial charge in [0.15, 0.2) is 15.5 Å². The van der Waals surface area contributed by atoms with E-state index in [2.05, 4.69) is 50.6 Å². The second kappa shape index (κ2) is 10.9. The number of likely N-dealkylation sites (N-methyl/N-ethyl adjacent to an activating group) is 1. The number of amides is 2. The SMILES string of the molecule is CCN(CC)CCNC(=O)c1ccc(NC(=S)NC(=O)c2ccc(Br)o2)cc1. The average Bonchev–Trinajstić information content (AvgIpc) is 3.12. The molecule has 2 rings (SSSR count). The maximum atomic E-state index is 12.2. The van der Waals surface area contributed by atoms with Crippen LogP contribution in [0.15, 0.2) is 45.5 Å². The number of halogens is 1. The molecule has 1 heterocycles. The van der Waals surface area contributed by atoms with Crippen LogP contribution in [0.5, 0.6) is 0 Å². The molecule has 0 aliphatic heterocycles. The van der Waals surface area contributed by atoms with Crippen LogP contribution >= 0.6 is 28.1 Å². The fourth-order valence-corrected chi connectivity index (χ4v) is 2.95. The Labute approximate surface area is 178 Å². The van der Waals surface area contributed by atoms with Gasteiger partial charge in [0.25, 0.3) is 11.8 Å². The van der Waals surface area contributed by atoms with Gasteiger partial charge in [-0.1, -0.05) is 13.8 Å². The van der Waals surface area contributed by atoms with Gasteiger partial charge in [0.2, 0.25) is 0 Å². The minimum Gasteiger partial charge on any atom is -0.444 e. The van der Waals surface area contributed by atoms with Crippen LogP contribution < -0.4 is 16.0 Å². The Bertz CT molecular complexity index is 819. The van der Waals surface area contributed by atoms with E-state index in [0.717, 1.165) is 19.6 Å². The molecule has 2 amide bonds. The molecule has 0 aliphatic rings. The molecule has 0 saturated heterocycles. The summed E-state index contributed by atoms with van der Waals surface area (Å²) >= 11 is 8.27. The van der Waals surface area contributed by atoms with Crippen molar-refractivity contribution >= 4 is 50.8 Å². The van der Waals surface area contributed by atoms with Gasteiger partial charge in [-0.2, -0.15) is 0 Å². The molecule has 28 heavy (non-hydrogen) atoms. The third-order valence-electron chi connectivity index (χ3n) is 4.04. The van der Waals surface area contributed by atoms with Crippen molar-refractivity contribution in [2.45, 2.75) is 13.8 Å². The Kier molecular flexibility index (Phi) is 8.62. The van der Waals surface area contributed by atoms with E-state index in [0.29, 0.717) is 22.5 Å². The van der Waals surface area contributed by atoms with Crippen molar-refractivity contribution in [1.82, 2.24) is 15.5 Å². The van der Waals surface area contributed by atoms with Crippen molar-refractivity contribution in [3.63, 3.8) is 0 Å². The van der Waals surface area contributed by atoms with Crippen LogP contribution in [0.25, 0.3) is 0 Å². The lowest BCUT2D eigenvalue weighted by molar-refractivity contribution is 0.0941. The van der Waals surface area contributed by atoms with Gasteiger partial charge < -0.3 is 20.0 Å². The molecule has 3 N–H and O–H groups in total. The molecule has 1 aromatic heterocycles. The van der Waals surface area contributed by atoms with Crippen LogP contribution in [-0.4, -0.2) is 48.0 Å². The van der Waals surface area contributed by atoms with E-state index in [9.17, 15) is 9.59 Å². The summed E-state index contributed by atoms with van der Waals surface area (Å²) < 4.78 is 5.63. The lowest BCUT2D eigenvalue weighted by atomic mass is 10.2. The number of hydrogen-bond acceptors (Lipinski definition) is 5. The largest absolute Gasteiger partial charge is 0.444 e. The number of anilines is 1. The molecule has 0 atom stereocenters. The van der Waals surface area contributed by atoms with Crippen molar-refractivity contribution < 1.29 is 14.0 Å². The lowest BCUT2D eigenvalue weighted by Crippen LogP contribution is -2.35. The van der Waals surface area contributed by atoms with Crippen molar-refractivity contribution in [2.75, 3.05) is 31.5 Å².